The van der Waals surface area contributed by atoms with Crippen LogP contribution in [0.5, 0.6) is 0 Å². The summed E-state index contributed by atoms with van der Waals surface area (Å²) in [6, 6.07) is 5.89. The normalized spacial score (nSPS) is 10.8. The molecule has 0 aliphatic rings. The molecule has 18 heavy (non-hydrogen) atoms. The number of carbonyl (C=O) groups excluding carboxylic acids is 1. The zero-order valence-electron chi connectivity index (χ0n) is 11.0. The van der Waals surface area contributed by atoms with Gasteiger partial charge in [0.1, 0.15) is 0 Å². The third kappa shape index (κ3) is 3.99. The number of nitrogens with zero attached hydrogens (tertiary/aromatic N) is 1. The maximum Gasteiger partial charge on any atom is 0.254 e. The summed E-state index contributed by atoms with van der Waals surface area (Å²) in [4.78, 5) is 14.3. The van der Waals surface area contributed by atoms with Crippen LogP contribution in [0.1, 0.15) is 36.2 Å². The Morgan fingerprint density at radius 2 is 2.11 bits per heavy atom. The molecule has 0 aliphatic heterocycles. The molecule has 1 aromatic carbocycles. The molecule has 1 amide bonds. The van der Waals surface area contributed by atoms with Crippen LogP contribution in [0.15, 0.2) is 22.7 Å². The molecule has 0 fully saturated rings. The van der Waals surface area contributed by atoms with Gasteiger partial charge in [-0.3, -0.25) is 4.79 Å². The number of hydrogen-bond acceptors (Lipinski definition) is 1. The van der Waals surface area contributed by atoms with Crippen molar-refractivity contribution >= 4 is 33.4 Å². The number of aryl methyl sites for hydroxylation is 1. The fourth-order valence-corrected chi connectivity index (χ4v) is 2.21. The Balaban J connectivity index is 2.91. The molecule has 0 atom stereocenters. The highest BCUT2D eigenvalue weighted by atomic mass is 79.9. The number of amides is 1. The molecule has 0 aliphatic carbocycles. The minimum absolute atomic E-state index is 0.0656. The SMILES string of the molecule is Cc1ccc(C(=O)N(CCCCl)C(C)C)cc1Br. The lowest BCUT2D eigenvalue weighted by molar-refractivity contribution is 0.0706. The van der Waals surface area contributed by atoms with Crippen molar-refractivity contribution in [2.45, 2.75) is 33.2 Å². The van der Waals surface area contributed by atoms with E-state index in [4.69, 9.17) is 11.6 Å². The van der Waals surface area contributed by atoms with Crippen molar-refractivity contribution in [1.82, 2.24) is 4.90 Å². The Hall–Kier alpha value is -0.540. The lowest BCUT2D eigenvalue weighted by Crippen LogP contribution is -2.37. The topological polar surface area (TPSA) is 20.3 Å². The van der Waals surface area contributed by atoms with Gasteiger partial charge in [-0.2, -0.15) is 0 Å². The Morgan fingerprint density at radius 3 is 2.61 bits per heavy atom. The quantitative estimate of drug-likeness (QED) is 0.739. The summed E-state index contributed by atoms with van der Waals surface area (Å²) in [7, 11) is 0. The van der Waals surface area contributed by atoms with Crippen molar-refractivity contribution in [2.24, 2.45) is 0 Å². The van der Waals surface area contributed by atoms with Crippen LogP contribution in [0.4, 0.5) is 0 Å². The zero-order valence-corrected chi connectivity index (χ0v) is 13.4. The van der Waals surface area contributed by atoms with Gasteiger partial charge in [-0.15, -0.1) is 11.6 Å². The van der Waals surface area contributed by atoms with E-state index in [1.165, 1.54) is 0 Å². The molecule has 0 N–H and O–H groups in total. The van der Waals surface area contributed by atoms with Gasteiger partial charge < -0.3 is 4.90 Å². The van der Waals surface area contributed by atoms with E-state index in [2.05, 4.69) is 15.9 Å². The van der Waals surface area contributed by atoms with Crippen molar-refractivity contribution in [3.63, 3.8) is 0 Å². The molecular weight excluding hydrogens is 314 g/mol. The average Bonchev–Trinajstić information content (AvgIpc) is 2.32. The Bertz CT molecular complexity index is 420. The van der Waals surface area contributed by atoms with Crippen LogP contribution in [-0.2, 0) is 0 Å². The minimum atomic E-state index is 0.0656. The lowest BCUT2D eigenvalue weighted by Gasteiger charge is -2.26. The Morgan fingerprint density at radius 1 is 1.44 bits per heavy atom. The lowest BCUT2D eigenvalue weighted by atomic mass is 10.1. The first kappa shape index (κ1) is 15.5. The first-order valence-corrected chi connectivity index (χ1v) is 7.43. The molecule has 100 valence electrons. The molecular formula is C14H19BrClNO. The van der Waals surface area contributed by atoms with Crippen LogP contribution in [0, 0.1) is 6.92 Å². The summed E-state index contributed by atoms with van der Waals surface area (Å²) < 4.78 is 0.967. The van der Waals surface area contributed by atoms with E-state index in [1.807, 2.05) is 43.9 Å². The molecule has 1 aromatic rings. The van der Waals surface area contributed by atoms with Crippen molar-refractivity contribution < 1.29 is 4.79 Å². The fourth-order valence-electron chi connectivity index (χ4n) is 1.72. The van der Waals surface area contributed by atoms with Crippen LogP contribution in [0.2, 0.25) is 0 Å². The van der Waals surface area contributed by atoms with E-state index in [1.54, 1.807) is 0 Å². The second-order valence-corrected chi connectivity index (χ2v) is 5.83. The molecule has 0 heterocycles. The molecule has 4 heteroatoms. The minimum Gasteiger partial charge on any atom is -0.336 e. The first-order chi connectivity index (χ1) is 8.47. The fraction of sp³-hybridized carbons (Fsp3) is 0.500. The van der Waals surface area contributed by atoms with Crippen molar-refractivity contribution in [3.8, 4) is 0 Å². The zero-order chi connectivity index (χ0) is 13.7. The summed E-state index contributed by atoms with van der Waals surface area (Å²) in [6.07, 6.45) is 0.818. The molecule has 1 rings (SSSR count). The van der Waals surface area contributed by atoms with Crippen LogP contribution < -0.4 is 0 Å². The van der Waals surface area contributed by atoms with Crippen LogP contribution in [0.25, 0.3) is 0 Å². The number of hydrogen-bond donors (Lipinski definition) is 0. The third-order valence-corrected chi connectivity index (χ3v) is 3.96. The average molecular weight is 333 g/mol. The van der Waals surface area contributed by atoms with Crippen LogP contribution >= 0.6 is 27.5 Å². The van der Waals surface area contributed by atoms with Crippen molar-refractivity contribution in [1.29, 1.82) is 0 Å². The highest BCUT2D eigenvalue weighted by Crippen LogP contribution is 2.19. The monoisotopic (exact) mass is 331 g/mol. The molecule has 0 saturated carbocycles. The molecule has 0 unspecified atom stereocenters. The highest BCUT2D eigenvalue weighted by molar-refractivity contribution is 9.10. The largest absolute Gasteiger partial charge is 0.336 e. The smallest absolute Gasteiger partial charge is 0.254 e. The number of alkyl halides is 1. The van der Waals surface area contributed by atoms with E-state index in [0.717, 1.165) is 22.0 Å². The molecule has 0 radical (unpaired) electrons. The van der Waals surface area contributed by atoms with Gasteiger partial charge in [0, 0.05) is 28.5 Å². The summed E-state index contributed by atoms with van der Waals surface area (Å²) in [5.41, 5.74) is 1.85. The van der Waals surface area contributed by atoms with Crippen LogP contribution in [0.3, 0.4) is 0 Å². The molecule has 0 bridgehead atoms. The second-order valence-electron chi connectivity index (χ2n) is 4.60. The summed E-state index contributed by atoms with van der Waals surface area (Å²) in [6.45, 7) is 6.75. The van der Waals surface area contributed by atoms with Gasteiger partial charge in [-0.05, 0) is 44.9 Å². The van der Waals surface area contributed by atoms with E-state index in [-0.39, 0.29) is 11.9 Å². The molecule has 0 saturated heterocycles. The van der Waals surface area contributed by atoms with Gasteiger partial charge in [0.15, 0.2) is 0 Å². The first-order valence-electron chi connectivity index (χ1n) is 6.10. The highest BCUT2D eigenvalue weighted by Gasteiger charge is 2.18. The predicted molar refractivity (Wildman–Crippen MR) is 80.4 cm³/mol. The van der Waals surface area contributed by atoms with Crippen molar-refractivity contribution in [3.05, 3.63) is 33.8 Å². The van der Waals surface area contributed by atoms with Crippen molar-refractivity contribution in [2.75, 3.05) is 12.4 Å². The Labute approximate surface area is 122 Å². The standard InChI is InChI=1S/C14H19BrClNO/c1-10(2)17(8-4-7-16)14(18)12-6-5-11(3)13(15)9-12/h5-6,9-10H,4,7-8H2,1-3H3. The molecule has 0 spiro atoms. The second kappa shape index (κ2) is 7.15. The number of benzene rings is 1. The summed E-state index contributed by atoms with van der Waals surface area (Å²) in [5.74, 6) is 0.643. The maximum absolute atomic E-state index is 12.4. The van der Waals surface area contributed by atoms with E-state index in [0.29, 0.717) is 12.4 Å². The van der Waals surface area contributed by atoms with Gasteiger partial charge in [0.05, 0.1) is 0 Å². The summed E-state index contributed by atoms with van der Waals surface area (Å²) in [5, 5.41) is 0. The van der Waals surface area contributed by atoms with E-state index >= 15 is 0 Å². The molecule has 2 nitrogen and oxygen atoms in total. The van der Waals surface area contributed by atoms with E-state index < -0.39 is 0 Å². The number of halogens is 2. The predicted octanol–water partition coefficient (Wildman–Crippen LogP) is 4.24. The van der Waals surface area contributed by atoms with E-state index in [9.17, 15) is 4.79 Å². The Kier molecular flexibility index (Phi) is 6.16. The van der Waals surface area contributed by atoms with Crippen LogP contribution in [-0.4, -0.2) is 29.3 Å². The van der Waals surface area contributed by atoms with Gasteiger partial charge >= 0.3 is 0 Å². The van der Waals surface area contributed by atoms with Gasteiger partial charge in [0.2, 0.25) is 0 Å². The maximum atomic E-state index is 12.4. The molecule has 0 aromatic heterocycles. The number of rotatable bonds is 5. The van der Waals surface area contributed by atoms with Gasteiger partial charge in [-0.25, -0.2) is 0 Å². The summed E-state index contributed by atoms with van der Waals surface area (Å²) >= 11 is 9.16. The van der Waals surface area contributed by atoms with Gasteiger partial charge in [0.25, 0.3) is 5.91 Å². The van der Waals surface area contributed by atoms with Gasteiger partial charge in [-0.1, -0.05) is 22.0 Å². The third-order valence-electron chi connectivity index (χ3n) is 2.84. The number of carbonyl (C=O) groups is 1.